The molecule has 10 heteroatoms. The number of benzene rings is 2. The van der Waals surface area contributed by atoms with Crippen LogP contribution in [-0.2, 0) is 11.7 Å². The number of ether oxygens (including phenoxy) is 2. The molecule has 1 aliphatic heterocycles. The fraction of sp³-hybridized carbons (Fsp3) is 0.292. The largest absolute Gasteiger partial charge is 0.486 e. The lowest BCUT2D eigenvalue weighted by atomic mass is 9.93. The third-order valence-corrected chi connectivity index (χ3v) is 5.45. The first kappa shape index (κ1) is 23.3. The summed E-state index contributed by atoms with van der Waals surface area (Å²) < 4.78 is 52.7. The van der Waals surface area contributed by atoms with Crippen LogP contribution in [0.4, 0.5) is 13.2 Å². The third kappa shape index (κ3) is 4.48. The van der Waals surface area contributed by atoms with E-state index < -0.39 is 34.3 Å². The number of halogens is 3. The van der Waals surface area contributed by atoms with E-state index in [9.17, 15) is 22.8 Å². The van der Waals surface area contributed by atoms with Crippen molar-refractivity contribution in [2.24, 2.45) is 0 Å². The molecule has 1 amide bonds. The highest BCUT2D eigenvalue weighted by molar-refractivity contribution is 5.92. The van der Waals surface area contributed by atoms with E-state index in [4.69, 9.17) is 9.47 Å². The molecule has 0 saturated carbocycles. The van der Waals surface area contributed by atoms with Crippen LogP contribution < -0.4 is 20.2 Å². The van der Waals surface area contributed by atoms with Gasteiger partial charge in [0.25, 0.3) is 5.91 Å². The van der Waals surface area contributed by atoms with Crippen molar-refractivity contribution in [2.75, 3.05) is 13.2 Å². The molecule has 0 radical (unpaired) electrons. The van der Waals surface area contributed by atoms with E-state index >= 15 is 0 Å². The summed E-state index contributed by atoms with van der Waals surface area (Å²) in [6.07, 6.45) is -4.64. The van der Waals surface area contributed by atoms with E-state index in [1.165, 1.54) is 25.1 Å². The Morgan fingerprint density at radius 3 is 2.41 bits per heavy atom. The summed E-state index contributed by atoms with van der Waals surface area (Å²) in [6, 6.07) is 11.1. The molecule has 2 heterocycles. The van der Waals surface area contributed by atoms with Gasteiger partial charge in [-0.05, 0) is 50.6 Å². The summed E-state index contributed by atoms with van der Waals surface area (Å²) >= 11 is 0. The van der Waals surface area contributed by atoms with Crippen LogP contribution in [0.1, 0.15) is 41.2 Å². The van der Waals surface area contributed by atoms with Crippen molar-refractivity contribution in [2.45, 2.75) is 32.5 Å². The summed E-state index contributed by atoms with van der Waals surface area (Å²) in [7, 11) is 0. The van der Waals surface area contributed by atoms with Gasteiger partial charge < -0.3 is 14.8 Å². The monoisotopic (exact) mass is 473 g/mol. The number of carbonyl (C=O) groups excluding carboxylic acids is 1. The molecule has 0 saturated heterocycles. The molecule has 4 rings (SSSR count). The molecule has 7 nitrogen and oxygen atoms in total. The molecule has 0 unspecified atom stereocenters. The van der Waals surface area contributed by atoms with Crippen LogP contribution in [0.25, 0.3) is 5.69 Å². The van der Waals surface area contributed by atoms with E-state index in [-0.39, 0.29) is 11.4 Å². The highest BCUT2D eigenvalue weighted by Gasteiger charge is 2.34. The maximum absolute atomic E-state index is 13.5. The second kappa shape index (κ2) is 8.51. The average molecular weight is 473 g/mol. The predicted octanol–water partition coefficient (Wildman–Crippen LogP) is 4.00. The van der Waals surface area contributed by atoms with E-state index in [0.29, 0.717) is 30.3 Å². The highest BCUT2D eigenvalue weighted by Crippen LogP contribution is 2.35. The van der Waals surface area contributed by atoms with Gasteiger partial charge in [0.05, 0.1) is 16.8 Å². The van der Waals surface area contributed by atoms with Crippen molar-refractivity contribution in [3.8, 4) is 17.2 Å². The maximum atomic E-state index is 13.5. The van der Waals surface area contributed by atoms with Crippen LogP contribution >= 0.6 is 0 Å². The van der Waals surface area contributed by atoms with Crippen molar-refractivity contribution in [3.63, 3.8) is 0 Å². The minimum atomic E-state index is -4.64. The Bertz CT molecular complexity index is 1320. The SMILES string of the molecule is Cc1cc(=O)c(C(=O)NC(C)(C)c2ccc3c(c2)OCCO3)nn1-c1ccccc1C(F)(F)F. The van der Waals surface area contributed by atoms with Gasteiger partial charge in [0, 0.05) is 11.8 Å². The van der Waals surface area contributed by atoms with Crippen LogP contribution in [0.3, 0.4) is 0 Å². The fourth-order valence-corrected chi connectivity index (χ4v) is 3.69. The first-order valence-electron chi connectivity index (χ1n) is 10.5. The molecule has 3 aromatic rings. The van der Waals surface area contributed by atoms with Gasteiger partial charge in [-0.15, -0.1) is 0 Å². The Labute approximate surface area is 193 Å². The molecule has 1 N–H and O–H groups in total. The zero-order valence-corrected chi connectivity index (χ0v) is 18.7. The summed E-state index contributed by atoms with van der Waals surface area (Å²) in [5.74, 6) is 0.303. The zero-order chi connectivity index (χ0) is 24.7. The number of aromatic nitrogens is 2. The molecular formula is C24H22F3N3O4. The van der Waals surface area contributed by atoms with Gasteiger partial charge in [-0.25, -0.2) is 4.68 Å². The van der Waals surface area contributed by atoms with Crippen molar-refractivity contribution in [1.82, 2.24) is 15.1 Å². The number of alkyl halides is 3. The number of hydrogen-bond donors (Lipinski definition) is 1. The second-order valence-corrected chi connectivity index (χ2v) is 8.36. The molecule has 1 aromatic heterocycles. The second-order valence-electron chi connectivity index (χ2n) is 8.36. The average Bonchev–Trinajstić information content (AvgIpc) is 2.78. The minimum absolute atomic E-state index is 0.157. The summed E-state index contributed by atoms with van der Waals surface area (Å²) in [6.45, 7) is 5.73. The zero-order valence-electron chi connectivity index (χ0n) is 18.7. The lowest BCUT2D eigenvalue weighted by Gasteiger charge is -2.28. The van der Waals surface area contributed by atoms with Gasteiger partial charge in [-0.1, -0.05) is 18.2 Å². The standard InChI is InChI=1S/C24H22F3N3O4/c1-14-12-18(31)21(29-30(14)17-7-5-4-6-16(17)24(25,26)27)22(32)28-23(2,3)15-8-9-19-20(13-15)34-11-10-33-19/h4-9,12-13H,10-11H2,1-3H3,(H,28,32). The Kier molecular flexibility index (Phi) is 5.84. The van der Waals surface area contributed by atoms with Crippen LogP contribution in [0, 0.1) is 6.92 Å². The topological polar surface area (TPSA) is 82.5 Å². The summed E-state index contributed by atoms with van der Waals surface area (Å²) in [5.41, 5.74) is -2.56. The van der Waals surface area contributed by atoms with Crippen LogP contribution in [0.5, 0.6) is 11.5 Å². The number of para-hydroxylation sites is 1. The first-order valence-corrected chi connectivity index (χ1v) is 10.5. The lowest BCUT2D eigenvalue weighted by Crippen LogP contribution is -2.43. The maximum Gasteiger partial charge on any atom is 0.418 e. The number of nitrogens with one attached hydrogen (secondary N) is 1. The fourth-order valence-electron chi connectivity index (χ4n) is 3.69. The van der Waals surface area contributed by atoms with Crippen molar-refractivity contribution < 1.29 is 27.4 Å². The summed E-state index contributed by atoms with van der Waals surface area (Å²) in [4.78, 5) is 25.6. The molecular weight excluding hydrogens is 451 g/mol. The van der Waals surface area contributed by atoms with E-state index in [1.807, 2.05) is 0 Å². The third-order valence-electron chi connectivity index (χ3n) is 5.45. The number of hydrogen-bond acceptors (Lipinski definition) is 5. The first-order chi connectivity index (χ1) is 16.0. The molecule has 0 atom stereocenters. The minimum Gasteiger partial charge on any atom is -0.486 e. The molecule has 0 bridgehead atoms. The Balaban J connectivity index is 1.69. The van der Waals surface area contributed by atoms with Gasteiger partial charge in [-0.3, -0.25) is 9.59 Å². The molecule has 2 aromatic carbocycles. The molecule has 178 valence electrons. The normalized spacial score (nSPS) is 13.5. The number of carbonyl (C=O) groups is 1. The Morgan fingerprint density at radius 2 is 1.71 bits per heavy atom. The van der Waals surface area contributed by atoms with E-state index in [1.54, 1.807) is 32.0 Å². The van der Waals surface area contributed by atoms with Gasteiger partial charge in [0.2, 0.25) is 5.43 Å². The molecule has 0 aliphatic carbocycles. The molecule has 1 aliphatic rings. The van der Waals surface area contributed by atoms with Gasteiger partial charge in [0.15, 0.2) is 17.2 Å². The summed E-state index contributed by atoms with van der Waals surface area (Å²) in [5, 5.41) is 6.76. The Morgan fingerprint density at radius 1 is 1.03 bits per heavy atom. The van der Waals surface area contributed by atoms with Crippen molar-refractivity contribution in [1.29, 1.82) is 0 Å². The molecule has 0 fully saturated rings. The lowest BCUT2D eigenvalue weighted by molar-refractivity contribution is -0.137. The number of aryl methyl sites for hydroxylation is 1. The van der Waals surface area contributed by atoms with Crippen molar-refractivity contribution >= 4 is 5.91 Å². The smallest absolute Gasteiger partial charge is 0.418 e. The Hall–Kier alpha value is -3.82. The molecule has 34 heavy (non-hydrogen) atoms. The number of rotatable bonds is 4. The number of nitrogens with zero attached hydrogens (tertiary/aromatic N) is 2. The predicted molar refractivity (Wildman–Crippen MR) is 117 cm³/mol. The number of fused-ring (bicyclic) bond motifs is 1. The number of amides is 1. The van der Waals surface area contributed by atoms with E-state index in [0.717, 1.165) is 16.8 Å². The highest BCUT2D eigenvalue weighted by atomic mass is 19.4. The van der Waals surface area contributed by atoms with E-state index in [2.05, 4.69) is 10.4 Å². The van der Waals surface area contributed by atoms with Crippen LogP contribution in [0.15, 0.2) is 53.3 Å². The quantitative estimate of drug-likeness (QED) is 0.620. The molecule has 0 spiro atoms. The van der Waals surface area contributed by atoms with Crippen LogP contribution in [-0.4, -0.2) is 28.9 Å². The van der Waals surface area contributed by atoms with Gasteiger partial charge in [-0.2, -0.15) is 18.3 Å². The van der Waals surface area contributed by atoms with Gasteiger partial charge >= 0.3 is 6.18 Å². The van der Waals surface area contributed by atoms with Gasteiger partial charge in [0.1, 0.15) is 13.2 Å². The van der Waals surface area contributed by atoms with Crippen molar-refractivity contribution in [3.05, 3.63) is 81.3 Å². The van der Waals surface area contributed by atoms with Crippen LogP contribution in [0.2, 0.25) is 0 Å².